The van der Waals surface area contributed by atoms with Crippen molar-refractivity contribution in [2.45, 2.75) is 19.6 Å². The first-order valence-electron chi connectivity index (χ1n) is 8.86. The molecule has 0 spiro atoms. The minimum Gasteiger partial charge on any atom is -0.383 e. The van der Waals surface area contributed by atoms with Crippen molar-refractivity contribution in [3.05, 3.63) is 76.4 Å². The van der Waals surface area contributed by atoms with Crippen molar-refractivity contribution in [1.82, 2.24) is 10.3 Å². The van der Waals surface area contributed by atoms with Gasteiger partial charge < -0.3 is 16.4 Å². The van der Waals surface area contributed by atoms with Crippen LogP contribution in [-0.4, -0.2) is 11.0 Å². The summed E-state index contributed by atoms with van der Waals surface area (Å²) in [5.41, 5.74) is 8.29. The quantitative estimate of drug-likeness (QED) is 0.497. The predicted octanol–water partition coefficient (Wildman–Crippen LogP) is 5.63. The van der Waals surface area contributed by atoms with E-state index in [2.05, 4.69) is 15.6 Å². The fraction of sp³-hybridized carbons (Fsp3) is 0.143. The Labute approximate surface area is 176 Å². The third-order valence-electron chi connectivity index (χ3n) is 4.28. The normalized spacial score (nSPS) is 11.2. The van der Waals surface area contributed by atoms with E-state index in [9.17, 15) is 18.0 Å². The molecule has 0 fully saturated rings. The molecule has 3 aromatic rings. The van der Waals surface area contributed by atoms with Gasteiger partial charge in [0, 0.05) is 24.0 Å². The number of carbonyl (C=O) groups excluding carboxylic acids is 1. The maximum Gasteiger partial charge on any atom is 0.417 e. The largest absolute Gasteiger partial charge is 0.417 e. The molecule has 0 aliphatic heterocycles. The molecule has 0 bridgehead atoms. The molecule has 0 aliphatic carbocycles. The van der Waals surface area contributed by atoms with Gasteiger partial charge in [0.05, 0.1) is 10.6 Å². The minimum absolute atomic E-state index is 0.0171. The second kappa shape index (κ2) is 8.62. The number of nitrogens with two attached hydrogens (primary N) is 1. The topological polar surface area (TPSA) is 80.0 Å². The fourth-order valence-corrected chi connectivity index (χ4v) is 3.06. The number of amides is 2. The lowest BCUT2D eigenvalue weighted by Crippen LogP contribution is -2.28. The Morgan fingerprint density at radius 1 is 1.17 bits per heavy atom. The lowest BCUT2D eigenvalue weighted by Gasteiger charge is -2.13. The highest BCUT2D eigenvalue weighted by Gasteiger charge is 2.33. The molecule has 1 heterocycles. The monoisotopic (exact) mass is 434 g/mol. The van der Waals surface area contributed by atoms with Crippen LogP contribution < -0.4 is 16.4 Å². The molecular formula is C21H18ClF3N4O. The van der Waals surface area contributed by atoms with Crippen molar-refractivity contribution in [1.29, 1.82) is 0 Å². The molecule has 0 saturated carbocycles. The van der Waals surface area contributed by atoms with E-state index < -0.39 is 22.8 Å². The number of nitrogen functional groups attached to an aromatic ring is 1. The number of aryl methyl sites for hydroxylation is 1. The number of hydrogen-bond donors (Lipinski definition) is 3. The summed E-state index contributed by atoms with van der Waals surface area (Å²) in [4.78, 5) is 16.3. The van der Waals surface area contributed by atoms with Crippen LogP contribution in [0.1, 0.15) is 16.7 Å². The van der Waals surface area contributed by atoms with Gasteiger partial charge in [-0.2, -0.15) is 13.2 Å². The number of hydrogen-bond acceptors (Lipinski definition) is 3. The summed E-state index contributed by atoms with van der Waals surface area (Å²) in [6.45, 7) is 2.07. The number of anilines is 2. The number of nitrogens with one attached hydrogen (secondary N) is 2. The molecule has 156 valence electrons. The lowest BCUT2D eigenvalue weighted by molar-refractivity contribution is -0.137. The van der Waals surface area contributed by atoms with Gasteiger partial charge in [0.25, 0.3) is 0 Å². The molecule has 1 aromatic heterocycles. The highest BCUT2D eigenvalue weighted by atomic mass is 35.5. The van der Waals surface area contributed by atoms with Crippen molar-refractivity contribution in [2.75, 3.05) is 11.1 Å². The Morgan fingerprint density at radius 3 is 2.67 bits per heavy atom. The number of carbonyl (C=O) groups is 1. The maximum absolute atomic E-state index is 12.9. The van der Waals surface area contributed by atoms with Crippen LogP contribution in [0.25, 0.3) is 11.1 Å². The van der Waals surface area contributed by atoms with Gasteiger partial charge in [-0.15, -0.1) is 0 Å². The highest BCUT2D eigenvalue weighted by molar-refractivity contribution is 6.31. The molecule has 30 heavy (non-hydrogen) atoms. The van der Waals surface area contributed by atoms with Gasteiger partial charge in [-0.1, -0.05) is 29.8 Å². The third-order valence-corrected chi connectivity index (χ3v) is 4.61. The van der Waals surface area contributed by atoms with Gasteiger partial charge in [0.2, 0.25) is 0 Å². The van der Waals surface area contributed by atoms with Crippen LogP contribution in [-0.2, 0) is 12.7 Å². The highest BCUT2D eigenvalue weighted by Crippen LogP contribution is 2.36. The van der Waals surface area contributed by atoms with Gasteiger partial charge >= 0.3 is 12.2 Å². The Kier molecular flexibility index (Phi) is 6.17. The molecule has 4 N–H and O–H groups in total. The zero-order chi connectivity index (χ0) is 21.9. The van der Waals surface area contributed by atoms with Crippen molar-refractivity contribution < 1.29 is 18.0 Å². The Balaban J connectivity index is 1.68. The zero-order valence-electron chi connectivity index (χ0n) is 15.8. The molecule has 0 unspecified atom stereocenters. The molecule has 5 nitrogen and oxygen atoms in total. The first-order valence-corrected chi connectivity index (χ1v) is 9.24. The van der Waals surface area contributed by atoms with Gasteiger partial charge in [0.15, 0.2) is 0 Å². The van der Waals surface area contributed by atoms with Gasteiger partial charge in [-0.3, -0.25) is 0 Å². The van der Waals surface area contributed by atoms with E-state index in [0.29, 0.717) is 5.82 Å². The SMILES string of the molecule is Cc1cnc(N)c(-c2cccc(CNC(=O)Nc3ccc(Cl)c(C(F)(F)F)c3)c2)c1. The van der Waals surface area contributed by atoms with E-state index in [1.165, 1.54) is 6.07 Å². The number of nitrogens with zero attached hydrogens (tertiary/aromatic N) is 1. The van der Waals surface area contributed by atoms with Gasteiger partial charge in [-0.25, -0.2) is 9.78 Å². The molecule has 0 atom stereocenters. The van der Waals surface area contributed by atoms with E-state index in [-0.39, 0.29) is 12.2 Å². The van der Waals surface area contributed by atoms with Crippen molar-refractivity contribution in [3.8, 4) is 11.1 Å². The number of halogens is 4. The lowest BCUT2D eigenvalue weighted by atomic mass is 10.0. The molecule has 0 radical (unpaired) electrons. The summed E-state index contributed by atoms with van der Waals surface area (Å²) in [5.74, 6) is 0.395. The Hall–Kier alpha value is -3.26. The van der Waals surface area contributed by atoms with Crippen molar-refractivity contribution in [3.63, 3.8) is 0 Å². The number of aromatic nitrogens is 1. The van der Waals surface area contributed by atoms with Gasteiger partial charge in [-0.05, 0) is 53.9 Å². The van der Waals surface area contributed by atoms with Crippen LogP contribution in [0.4, 0.5) is 29.5 Å². The molecule has 2 amide bonds. The van der Waals surface area contributed by atoms with Crippen molar-refractivity contribution in [2.24, 2.45) is 0 Å². The zero-order valence-corrected chi connectivity index (χ0v) is 16.6. The summed E-state index contributed by atoms with van der Waals surface area (Å²) in [7, 11) is 0. The summed E-state index contributed by atoms with van der Waals surface area (Å²) < 4.78 is 38.8. The number of urea groups is 1. The summed E-state index contributed by atoms with van der Waals surface area (Å²) in [6, 6.07) is 11.8. The van der Waals surface area contributed by atoms with Crippen LogP contribution >= 0.6 is 11.6 Å². The van der Waals surface area contributed by atoms with Gasteiger partial charge in [0.1, 0.15) is 5.82 Å². The summed E-state index contributed by atoms with van der Waals surface area (Å²) in [5, 5.41) is 4.55. The van der Waals surface area contributed by atoms with E-state index in [0.717, 1.165) is 34.4 Å². The number of pyridine rings is 1. The standard InChI is InChI=1S/C21H18ClF3N4O/c1-12-7-16(19(26)27-10-12)14-4-2-3-13(8-14)11-28-20(30)29-15-5-6-18(22)17(9-15)21(23,24)25/h2-10H,11H2,1H3,(H2,26,27)(H2,28,29,30). The number of benzene rings is 2. The Morgan fingerprint density at radius 2 is 1.93 bits per heavy atom. The van der Waals surface area contributed by atoms with Crippen LogP contribution in [0, 0.1) is 6.92 Å². The van der Waals surface area contributed by atoms with E-state index in [1.54, 1.807) is 6.20 Å². The average Bonchev–Trinajstić information content (AvgIpc) is 2.69. The van der Waals surface area contributed by atoms with Crippen LogP contribution in [0.3, 0.4) is 0 Å². The van der Waals surface area contributed by atoms with E-state index in [4.69, 9.17) is 17.3 Å². The summed E-state index contributed by atoms with van der Waals surface area (Å²) >= 11 is 5.58. The minimum atomic E-state index is -4.61. The maximum atomic E-state index is 12.9. The molecule has 2 aromatic carbocycles. The Bertz CT molecular complexity index is 1090. The molecule has 3 rings (SSSR count). The average molecular weight is 435 g/mol. The number of rotatable bonds is 4. The number of alkyl halides is 3. The second-order valence-corrected chi connectivity index (χ2v) is 7.05. The molecule has 0 aliphatic rings. The predicted molar refractivity (Wildman–Crippen MR) is 111 cm³/mol. The van der Waals surface area contributed by atoms with Crippen LogP contribution in [0.2, 0.25) is 5.02 Å². The third kappa shape index (κ3) is 5.21. The fourth-order valence-electron chi connectivity index (χ4n) is 2.84. The smallest absolute Gasteiger partial charge is 0.383 e. The first-order chi connectivity index (χ1) is 14.1. The van der Waals surface area contributed by atoms with Crippen molar-refractivity contribution >= 4 is 29.1 Å². The van der Waals surface area contributed by atoms with Crippen LogP contribution in [0.15, 0.2) is 54.7 Å². The molecule has 0 saturated heterocycles. The molecular weight excluding hydrogens is 417 g/mol. The molecule has 9 heteroatoms. The first kappa shape index (κ1) is 21.4. The van der Waals surface area contributed by atoms with Crippen LogP contribution in [0.5, 0.6) is 0 Å². The summed E-state index contributed by atoms with van der Waals surface area (Å²) in [6.07, 6.45) is -2.94. The van der Waals surface area contributed by atoms with E-state index in [1.807, 2.05) is 37.3 Å². The van der Waals surface area contributed by atoms with E-state index >= 15 is 0 Å². The second-order valence-electron chi connectivity index (χ2n) is 6.65.